The lowest BCUT2D eigenvalue weighted by Gasteiger charge is -2.43. The van der Waals surface area contributed by atoms with Crippen molar-refractivity contribution in [1.82, 2.24) is 29.7 Å². The number of amides is 2. The van der Waals surface area contributed by atoms with Crippen LogP contribution < -0.4 is 10.2 Å². The van der Waals surface area contributed by atoms with Crippen LogP contribution in [-0.2, 0) is 10.3 Å². The molecule has 2 amide bonds. The molecular formula is C28H39N7O2. The third-order valence-electron chi connectivity index (χ3n) is 7.91. The standard InChI is InChI=1S/C28H39N7O2/c1-5-29-27(36)33-15-13-32(14-16-33)25-9-11-31-35-19-22(17-26(25)35)24-8-7-23(18-30-24)28(37-4)10-6-12-34(20-28)21(2)3/h7-9,11,17-19,21H,5-6,10,12-16,20H2,1-4H3,(H,29,36)/t28-/m1/s1. The van der Waals surface area contributed by atoms with Crippen molar-refractivity contribution in [2.45, 2.75) is 45.3 Å². The highest BCUT2D eigenvalue weighted by molar-refractivity contribution is 5.79. The molecule has 3 aromatic heterocycles. The molecule has 37 heavy (non-hydrogen) atoms. The maximum absolute atomic E-state index is 12.2. The van der Waals surface area contributed by atoms with Gasteiger partial charge < -0.3 is 19.9 Å². The van der Waals surface area contributed by atoms with Gasteiger partial charge in [-0.1, -0.05) is 6.07 Å². The average Bonchev–Trinajstić information content (AvgIpc) is 3.38. The third kappa shape index (κ3) is 5.02. The van der Waals surface area contributed by atoms with Crippen molar-refractivity contribution in [2.24, 2.45) is 0 Å². The number of fused-ring (bicyclic) bond motifs is 1. The predicted molar refractivity (Wildman–Crippen MR) is 146 cm³/mol. The van der Waals surface area contributed by atoms with Gasteiger partial charge in [0.15, 0.2) is 0 Å². The second-order valence-corrected chi connectivity index (χ2v) is 10.4. The van der Waals surface area contributed by atoms with Crippen LogP contribution in [0.1, 0.15) is 39.2 Å². The number of rotatable bonds is 6. The number of hydrogen-bond acceptors (Lipinski definition) is 6. The summed E-state index contributed by atoms with van der Waals surface area (Å²) in [6, 6.07) is 9.00. The largest absolute Gasteiger partial charge is 0.372 e. The Morgan fingerprint density at radius 2 is 1.97 bits per heavy atom. The molecule has 0 bridgehead atoms. The lowest BCUT2D eigenvalue weighted by atomic mass is 9.85. The van der Waals surface area contributed by atoms with Gasteiger partial charge >= 0.3 is 6.03 Å². The van der Waals surface area contributed by atoms with E-state index < -0.39 is 0 Å². The Labute approximate surface area is 219 Å². The van der Waals surface area contributed by atoms with Crippen LogP contribution in [0.2, 0.25) is 0 Å². The van der Waals surface area contributed by atoms with Crippen LogP contribution in [0.3, 0.4) is 0 Å². The maximum Gasteiger partial charge on any atom is 0.317 e. The Hall–Kier alpha value is -3.17. The molecule has 5 rings (SSSR count). The molecule has 2 saturated heterocycles. The number of nitrogens with one attached hydrogen (secondary N) is 1. The zero-order chi connectivity index (χ0) is 26.0. The first-order valence-corrected chi connectivity index (χ1v) is 13.5. The molecule has 0 aromatic carbocycles. The summed E-state index contributed by atoms with van der Waals surface area (Å²) in [5, 5.41) is 7.45. The Morgan fingerprint density at radius 3 is 2.65 bits per heavy atom. The fourth-order valence-corrected chi connectivity index (χ4v) is 5.67. The number of aromatic nitrogens is 3. The van der Waals surface area contributed by atoms with Gasteiger partial charge in [-0.3, -0.25) is 9.88 Å². The molecule has 0 radical (unpaired) electrons. The molecule has 0 saturated carbocycles. The van der Waals surface area contributed by atoms with E-state index in [-0.39, 0.29) is 11.6 Å². The van der Waals surface area contributed by atoms with Crippen LogP contribution in [0.15, 0.2) is 42.9 Å². The maximum atomic E-state index is 12.2. The predicted octanol–water partition coefficient (Wildman–Crippen LogP) is 3.59. The van der Waals surface area contributed by atoms with Gasteiger partial charge in [0.1, 0.15) is 5.60 Å². The lowest BCUT2D eigenvalue weighted by molar-refractivity contribution is -0.0769. The average molecular weight is 506 g/mol. The number of urea groups is 1. The summed E-state index contributed by atoms with van der Waals surface area (Å²) in [5.74, 6) is 0. The fourth-order valence-electron chi connectivity index (χ4n) is 5.67. The summed E-state index contributed by atoms with van der Waals surface area (Å²) in [5.41, 5.74) is 4.95. The highest BCUT2D eigenvalue weighted by Gasteiger charge is 2.38. The molecule has 198 valence electrons. The van der Waals surface area contributed by atoms with E-state index in [9.17, 15) is 4.79 Å². The molecule has 2 aliphatic heterocycles. The molecule has 1 atom stereocenters. The quantitative estimate of drug-likeness (QED) is 0.552. The van der Waals surface area contributed by atoms with Crippen LogP contribution >= 0.6 is 0 Å². The van der Waals surface area contributed by atoms with Crippen LogP contribution in [0, 0.1) is 0 Å². The van der Waals surface area contributed by atoms with Crippen molar-refractivity contribution in [2.75, 3.05) is 57.8 Å². The highest BCUT2D eigenvalue weighted by Crippen LogP contribution is 2.36. The van der Waals surface area contributed by atoms with E-state index >= 15 is 0 Å². The molecule has 0 spiro atoms. The lowest BCUT2D eigenvalue weighted by Crippen LogP contribution is -2.51. The van der Waals surface area contributed by atoms with E-state index in [1.165, 1.54) is 0 Å². The van der Waals surface area contributed by atoms with Gasteiger partial charge in [-0.15, -0.1) is 0 Å². The Morgan fingerprint density at radius 1 is 1.16 bits per heavy atom. The summed E-state index contributed by atoms with van der Waals surface area (Å²) >= 11 is 0. The Kier molecular flexibility index (Phi) is 7.35. The molecule has 1 N–H and O–H groups in total. The summed E-state index contributed by atoms with van der Waals surface area (Å²) in [6.45, 7) is 12.1. The van der Waals surface area contributed by atoms with Gasteiger partial charge in [-0.25, -0.2) is 9.31 Å². The van der Waals surface area contributed by atoms with Crippen LogP contribution in [0.5, 0.6) is 0 Å². The number of ether oxygens (including phenoxy) is 1. The minimum Gasteiger partial charge on any atom is -0.372 e. The molecule has 2 fully saturated rings. The minimum atomic E-state index is -0.315. The normalized spacial score (nSPS) is 21.1. The first-order valence-electron chi connectivity index (χ1n) is 13.5. The van der Waals surface area contributed by atoms with Crippen molar-refractivity contribution in [3.05, 3.63) is 48.4 Å². The fraction of sp³-hybridized carbons (Fsp3) is 0.536. The van der Waals surface area contributed by atoms with Crippen molar-refractivity contribution in [1.29, 1.82) is 0 Å². The molecule has 9 nitrogen and oxygen atoms in total. The number of carbonyl (C=O) groups excluding carboxylic acids is 1. The van der Waals surface area contributed by atoms with E-state index in [1.54, 1.807) is 0 Å². The number of piperazine rings is 1. The van der Waals surface area contributed by atoms with E-state index in [4.69, 9.17) is 9.72 Å². The Bertz CT molecular complexity index is 1220. The molecule has 3 aromatic rings. The summed E-state index contributed by atoms with van der Waals surface area (Å²) in [4.78, 5) is 23.8. The SMILES string of the molecule is CCNC(=O)N1CCN(c2ccnn3cc(-c4ccc([C@@]5(OC)CCCN(C(C)C)C5)cn4)cc23)CC1. The minimum absolute atomic E-state index is 0.0157. The molecule has 0 aliphatic carbocycles. The molecule has 0 unspecified atom stereocenters. The number of carbonyl (C=O) groups is 1. The topological polar surface area (TPSA) is 78.2 Å². The number of hydrogen-bond donors (Lipinski definition) is 1. The van der Waals surface area contributed by atoms with E-state index in [0.717, 1.165) is 67.0 Å². The van der Waals surface area contributed by atoms with Gasteiger partial charge in [0.05, 0.1) is 16.9 Å². The van der Waals surface area contributed by atoms with Crippen molar-refractivity contribution in [3.8, 4) is 11.3 Å². The first-order chi connectivity index (χ1) is 17.9. The van der Waals surface area contributed by atoms with Crippen molar-refractivity contribution >= 4 is 17.2 Å². The van der Waals surface area contributed by atoms with E-state index in [0.29, 0.717) is 25.7 Å². The highest BCUT2D eigenvalue weighted by atomic mass is 16.5. The number of likely N-dealkylation sites (tertiary alicyclic amines) is 1. The second kappa shape index (κ2) is 10.7. The second-order valence-electron chi connectivity index (χ2n) is 10.4. The smallest absolute Gasteiger partial charge is 0.317 e. The Balaban J connectivity index is 1.36. The van der Waals surface area contributed by atoms with E-state index in [1.807, 2.05) is 42.0 Å². The van der Waals surface area contributed by atoms with Crippen LogP contribution in [0.4, 0.5) is 10.5 Å². The summed E-state index contributed by atoms with van der Waals surface area (Å²) in [7, 11) is 1.82. The van der Waals surface area contributed by atoms with Gasteiger partial charge in [0, 0.05) is 82.1 Å². The van der Waals surface area contributed by atoms with Crippen molar-refractivity contribution < 1.29 is 9.53 Å². The number of anilines is 1. The zero-order valence-electron chi connectivity index (χ0n) is 22.5. The number of methoxy groups -OCH3 is 1. The summed E-state index contributed by atoms with van der Waals surface area (Å²) < 4.78 is 8.05. The van der Waals surface area contributed by atoms with Crippen LogP contribution in [-0.4, -0.2) is 89.4 Å². The zero-order valence-corrected chi connectivity index (χ0v) is 22.5. The molecule has 2 aliphatic rings. The third-order valence-corrected chi connectivity index (χ3v) is 7.91. The van der Waals surface area contributed by atoms with Gasteiger partial charge in [0.2, 0.25) is 0 Å². The van der Waals surface area contributed by atoms with Crippen molar-refractivity contribution in [3.63, 3.8) is 0 Å². The monoisotopic (exact) mass is 505 g/mol. The van der Waals surface area contributed by atoms with Crippen LogP contribution in [0.25, 0.3) is 16.8 Å². The molecular weight excluding hydrogens is 466 g/mol. The van der Waals surface area contributed by atoms with Gasteiger partial charge in [0.25, 0.3) is 0 Å². The van der Waals surface area contributed by atoms with E-state index in [2.05, 4.69) is 58.3 Å². The number of pyridine rings is 1. The molecule has 9 heteroatoms. The summed E-state index contributed by atoms with van der Waals surface area (Å²) in [6.07, 6.45) is 7.98. The van der Waals surface area contributed by atoms with Gasteiger partial charge in [-0.2, -0.15) is 5.10 Å². The number of piperidine rings is 1. The van der Waals surface area contributed by atoms with Gasteiger partial charge in [-0.05, 0) is 58.4 Å². The first kappa shape index (κ1) is 25.5. The molecule has 5 heterocycles. The number of nitrogens with zero attached hydrogens (tertiary/aromatic N) is 6.